The molecule has 0 fully saturated rings. The van der Waals surface area contributed by atoms with Crippen LogP contribution in [0.1, 0.15) is 68.7 Å². The van der Waals surface area contributed by atoms with Crippen LogP contribution in [0.15, 0.2) is 48.5 Å². The molecule has 2 N–H and O–H groups in total. The van der Waals surface area contributed by atoms with Gasteiger partial charge in [0.1, 0.15) is 10.8 Å². The highest BCUT2D eigenvalue weighted by Gasteiger charge is 2.34. The molecule has 0 saturated carbocycles. The summed E-state index contributed by atoms with van der Waals surface area (Å²) in [6.45, 7) is 6.64. The van der Waals surface area contributed by atoms with Crippen molar-refractivity contribution in [3.63, 3.8) is 0 Å². The van der Waals surface area contributed by atoms with Crippen molar-refractivity contribution in [3.05, 3.63) is 81.5 Å². The molecule has 1 aromatic heterocycles. The maximum absolute atomic E-state index is 13.6. The summed E-state index contributed by atoms with van der Waals surface area (Å²) in [5, 5.41) is 6.17. The molecule has 8 heteroatoms. The third-order valence-electron chi connectivity index (χ3n) is 6.63. The number of para-hydroxylation sites is 1. The summed E-state index contributed by atoms with van der Waals surface area (Å²) in [5.74, 6) is -1.38. The van der Waals surface area contributed by atoms with E-state index in [-0.39, 0.29) is 16.5 Å². The minimum atomic E-state index is -0.559. The highest BCUT2D eigenvalue weighted by molar-refractivity contribution is 7.17. The maximum atomic E-state index is 13.6. The molecule has 36 heavy (non-hydrogen) atoms. The van der Waals surface area contributed by atoms with Crippen molar-refractivity contribution in [1.29, 1.82) is 0 Å². The molecular formula is C28H29FN2O4S. The van der Waals surface area contributed by atoms with E-state index in [1.54, 1.807) is 24.3 Å². The average molecular weight is 509 g/mol. The number of benzene rings is 2. The summed E-state index contributed by atoms with van der Waals surface area (Å²) < 4.78 is 18.2. The van der Waals surface area contributed by atoms with Gasteiger partial charge in [0.25, 0.3) is 11.8 Å². The van der Waals surface area contributed by atoms with Gasteiger partial charge in [0.05, 0.1) is 23.9 Å². The summed E-state index contributed by atoms with van der Waals surface area (Å²) in [7, 11) is 1.28. The molecule has 2 amide bonds. The number of carbonyl (C=O) groups excluding carboxylic acids is 3. The number of ether oxygens (including phenoxy) is 1. The Morgan fingerprint density at radius 1 is 1.00 bits per heavy atom. The Bertz CT molecular complexity index is 1310. The highest BCUT2D eigenvalue weighted by atomic mass is 32.1. The smallest absolute Gasteiger partial charge is 0.339 e. The van der Waals surface area contributed by atoms with Crippen LogP contribution < -0.4 is 10.6 Å². The Labute approximate surface area is 213 Å². The number of methoxy groups -OCH3 is 1. The van der Waals surface area contributed by atoms with E-state index in [9.17, 15) is 18.8 Å². The van der Waals surface area contributed by atoms with Gasteiger partial charge in [0.15, 0.2) is 0 Å². The van der Waals surface area contributed by atoms with Crippen molar-refractivity contribution < 1.29 is 23.5 Å². The number of esters is 1. The van der Waals surface area contributed by atoms with Crippen molar-refractivity contribution in [2.75, 3.05) is 17.7 Å². The van der Waals surface area contributed by atoms with E-state index in [1.165, 1.54) is 42.7 Å². The van der Waals surface area contributed by atoms with E-state index in [2.05, 4.69) is 31.4 Å². The first-order valence-electron chi connectivity index (χ1n) is 11.8. The van der Waals surface area contributed by atoms with Gasteiger partial charge in [0, 0.05) is 10.4 Å². The normalized spacial score (nSPS) is 15.1. The first kappa shape index (κ1) is 25.6. The van der Waals surface area contributed by atoms with Crippen LogP contribution in [0.3, 0.4) is 0 Å². The minimum absolute atomic E-state index is 0.112. The van der Waals surface area contributed by atoms with Crippen LogP contribution in [0, 0.1) is 17.2 Å². The molecular weight excluding hydrogens is 479 g/mol. The topological polar surface area (TPSA) is 84.5 Å². The van der Waals surface area contributed by atoms with E-state index >= 15 is 0 Å². The first-order chi connectivity index (χ1) is 17.1. The van der Waals surface area contributed by atoms with E-state index < -0.39 is 23.6 Å². The van der Waals surface area contributed by atoms with Gasteiger partial charge in [-0.3, -0.25) is 9.59 Å². The lowest BCUT2D eigenvalue weighted by atomic mass is 9.72. The second-order valence-electron chi connectivity index (χ2n) is 9.97. The molecule has 0 saturated heterocycles. The Balaban J connectivity index is 1.71. The van der Waals surface area contributed by atoms with Crippen LogP contribution in [-0.2, 0) is 17.6 Å². The number of hydrogen-bond acceptors (Lipinski definition) is 5. The van der Waals surface area contributed by atoms with Crippen LogP contribution in [0.2, 0.25) is 0 Å². The predicted octanol–water partition coefficient (Wildman–Crippen LogP) is 6.33. The SMILES string of the molecule is COC(=O)c1ccccc1NC(=O)c1c(NC(=O)c2ccc(F)cc2)sc2c1CCC(C(C)(C)C)C2. The summed E-state index contributed by atoms with van der Waals surface area (Å²) in [5.41, 5.74) is 2.29. The number of carbonyl (C=O) groups is 3. The van der Waals surface area contributed by atoms with E-state index in [0.717, 1.165) is 23.3 Å². The lowest BCUT2D eigenvalue weighted by molar-refractivity contribution is 0.0601. The standard InChI is InChI=1S/C28H29FN2O4S/c1-28(2,3)17-11-14-20-22(15-17)36-26(31-24(32)16-9-12-18(29)13-10-16)23(20)25(33)30-21-8-6-5-7-19(21)27(34)35-4/h5-10,12-13,17H,11,14-15H2,1-4H3,(H,30,33)(H,31,32). The number of amides is 2. The largest absolute Gasteiger partial charge is 0.465 e. The molecule has 6 nitrogen and oxygen atoms in total. The van der Waals surface area contributed by atoms with E-state index in [0.29, 0.717) is 28.6 Å². The van der Waals surface area contributed by atoms with Gasteiger partial charge in [-0.25, -0.2) is 9.18 Å². The Hall–Kier alpha value is -3.52. The van der Waals surface area contributed by atoms with Gasteiger partial charge in [-0.15, -0.1) is 11.3 Å². The monoisotopic (exact) mass is 508 g/mol. The maximum Gasteiger partial charge on any atom is 0.339 e. The zero-order valence-electron chi connectivity index (χ0n) is 20.7. The molecule has 1 heterocycles. The van der Waals surface area contributed by atoms with Gasteiger partial charge in [-0.2, -0.15) is 0 Å². The molecule has 4 rings (SSSR count). The lowest BCUT2D eigenvalue weighted by Gasteiger charge is -2.33. The van der Waals surface area contributed by atoms with Crippen molar-refractivity contribution in [3.8, 4) is 0 Å². The van der Waals surface area contributed by atoms with Gasteiger partial charge < -0.3 is 15.4 Å². The second-order valence-corrected chi connectivity index (χ2v) is 11.1. The Morgan fingerprint density at radius 2 is 1.69 bits per heavy atom. The van der Waals surface area contributed by atoms with Crippen LogP contribution in [-0.4, -0.2) is 24.9 Å². The average Bonchev–Trinajstić information content (AvgIpc) is 3.20. The van der Waals surface area contributed by atoms with Crippen LogP contribution in [0.5, 0.6) is 0 Å². The van der Waals surface area contributed by atoms with Crippen LogP contribution in [0.25, 0.3) is 0 Å². The van der Waals surface area contributed by atoms with E-state index in [4.69, 9.17) is 4.74 Å². The van der Waals surface area contributed by atoms with Gasteiger partial charge in [-0.05, 0) is 72.6 Å². The van der Waals surface area contributed by atoms with Gasteiger partial charge >= 0.3 is 5.97 Å². The second kappa shape index (κ2) is 10.2. The molecule has 1 atom stereocenters. The van der Waals surface area contributed by atoms with Gasteiger partial charge in [-0.1, -0.05) is 32.9 Å². The third-order valence-corrected chi connectivity index (χ3v) is 7.80. The molecule has 1 unspecified atom stereocenters. The minimum Gasteiger partial charge on any atom is -0.465 e. The number of hydrogen-bond donors (Lipinski definition) is 2. The first-order valence-corrected chi connectivity index (χ1v) is 12.6. The zero-order chi connectivity index (χ0) is 26.0. The molecule has 1 aliphatic rings. The lowest BCUT2D eigenvalue weighted by Crippen LogP contribution is -2.27. The summed E-state index contributed by atoms with van der Waals surface area (Å²) in [4.78, 5) is 39.8. The summed E-state index contributed by atoms with van der Waals surface area (Å²) in [6.07, 6.45) is 2.45. The number of rotatable bonds is 5. The number of anilines is 2. The Morgan fingerprint density at radius 3 is 2.36 bits per heavy atom. The molecule has 0 radical (unpaired) electrons. The molecule has 3 aromatic rings. The fraction of sp³-hybridized carbons (Fsp3) is 0.321. The van der Waals surface area contributed by atoms with Crippen LogP contribution >= 0.6 is 11.3 Å². The molecule has 0 spiro atoms. The highest BCUT2D eigenvalue weighted by Crippen LogP contribution is 2.44. The third kappa shape index (κ3) is 5.33. The Kier molecular flexibility index (Phi) is 7.26. The number of thiophene rings is 1. The van der Waals surface area contributed by atoms with Crippen molar-refractivity contribution in [1.82, 2.24) is 0 Å². The molecule has 0 aliphatic heterocycles. The number of fused-ring (bicyclic) bond motifs is 1. The molecule has 2 aromatic carbocycles. The van der Waals surface area contributed by atoms with Crippen molar-refractivity contribution >= 4 is 39.8 Å². The molecule has 188 valence electrons. The summed E-state index contributed by atoms with van der Waals surface area (Å²) in [6, 6.07) is 11.9. The molecule has 0 bridgehead atoms. The van der Waals surface area contributed by atoms with Gasteiger partial charge in [0.2, 0.25) is 0 Å². The molecule has 1 aliphatic carbocycles. The van der Waals surface area contributed by atoms with Crippen molar-refractivity contribution in [2.24, 2.45) is 11.3 Å². The van der Waals surface area contributed by atoms with Crippen molar-refractivity contribution in [2.45, 2.75) is 40.0 Å². The zero-order valence-corrected chi connectivity index (χ0v) is 21.6. The van der Waals surface area contributed by atoms with Crippen LogP contribution in [0.4, 0.5) is 15.1 Å². The van der Waals surface area contributed by atoms with E-state index in [1.807, 2.05) is 0 Å². The predicted molar refractivity (Wildman–Crippen MR) is 139 cm³/mol. The number of nitrogens with one attached hydrogen (secondary N) is 2. The quantitative estimate of drug-likeness (QED) is 0.395. The fourth-order valence-electron chi connectivity index (χ4n) is 4.49. The summed E-state index contributed by atoms with van der Waals surface area (Å²) >= 11 is 1.40. The fourth-order valence-corrected chi connectivity index (χ4v) is 5.81. The number of halogens is 1.